The van der Waals surface area contributed by atoms with Gasteiger partial charge in [-0.1, -0.05) is 36.4 Å². The second-order valence-corrected chi connectivity index (χ2v) is 5.56. The van der Waals surface area contributed by atoms with E-state index in [-0.39, 0.29) is 0 Å². The number of halogens is 1. The van der Waals surface area contributed by atoms with Crippen molar-refractivity contribution in [3.8, 4) is 0 Å². The molecule has 0 aliphatic carbocycles. The molecular weight excluding hydrogens is 294 g/mol. The Hall–Kier alpha value is -0.770. The minimum absolute atomic E-state index is 0.604. The molecule has 0 amide bonds. The Morgan fingerprint density at radius 3 is 2.29 bits per heavy atom. The van der Waals surface area contributed by atoms with Crippen LogP contribution in [0.2, 0.25) is 0 Å². The van der Waals surface area contributed by atoms with E-state index in [1.165, 1.54) is 16.0 Å². The molecule has 0 saturated heterocycles. The normalized spacial score (nSPS) is 10.5. The topological polar surface area (TPSA) is 26.0 Å². The van der Waals surface area contributed by atoms with Crippen LogP contribution in [0.3, 0.4) is 0 Å². The summed E-state index contributed by atoms with van der Waals surface area (Å²) in [7, 11) is 0. The van der Waals surface area contributed by atoms with Gasteiger partial charge in [-0.15, -0.1) is 11.8 Å². The molecule has 0 heterocycles. The predicted molar refractivity (Wildman–Crippen MR) is 78.0 cm³/mol. The Kier molecular flexibility index (Phi) is 4.66. The molecule has 3 heteroatoms. The summed E-state index contributed by atoms with van der Waals surface area (Å²) in [6.07, 6.45) is 0. The zero-order valence-electron chi connectivity index (χ0n) is 9.40. The van der Waals surface area contributed by atoms with Crippen molar-refractivity contribution in [2.45, 2.75) is 17.2 Å². The van der Waals surface area contributed by atoms with Gasteiger partial charge in [0.25, 0.3) is 0 Å². The van der Waals surface area contributed by atoms with Crippen molar-refractivity contribution in [2.24, 2.45) is 5.73 Å². The standard InChI is InChI=1S/C14H14BrNS/c15-13-7-3-4-8-14(13)17-10-12-6-2-1-5-11(12)9-16/h1-8H,9-10,16H2. The summed E-state index contributed by atoms with van der Waals surface area (Å²) in [6.45, 7) is 0.604. The van der Waals surface area contributed by atoms with Gasteiger partial charge in [-0.3, -0.25) is 0 Å². The van der Waals surface area contributed by atoms with Crippen LogP contribution in [0.15, 0.2) is 57.9 Å². The Labute approximate surface area is 115 Å². The summed E-state index contributed by atoms with van der Waals surface area (Å²) in [5, 5.41) is 0. The molecule has 0 fully saturated rings. The molecule has 0 radical (unpaired) electrons. The average molecular weight is 308 g/mol. The van der Waals surface area contributed by atoms with E-state index in [1.54, 1.807) is 0 Å². The quantitative estimate of drug-likeness (QED) is 0.857. The third kappa shape index (κ3) is 3.35. The van der Waals surface area contributed by atoms with Gasteiger partial charge in [0.2, 0.25) is 0 Å². The fourth-order valence-corrected chi connectivity index (χ4v) is 3.22. The first kappa shape index (κ1) is 12.7. The van der Waals surface area contributed by atoms with E-state index < -0.39 is 0 Å². The summed E-state index contributed by atoms with van der Waals surface area (Å²) in [6, 6.07) is 16.6. The molecule has 0 aromatic heterocycles. The van der Waals surface area contributed by atoms with Gasteiger partial charge >= 0.3 is 0 Å². The van der Waals surface area contributed by atoms with Crippen LogP contribution in [-0.2, 0) is 12.3 Å². The Bertz CT molecular complexity index is 499. The van der Waals surface area contributed by atoms with Crippen LogP contribution in [0.25, 0.3) is 0 Å². The molecule has 2 N–H and O–H groups in total. The van der Waals surface area contributed by atoms with Crippen molar-refractivity contribution in [1.29, 1.82) is 0 Å². The van der Waals surface area contributed by atoms with E-state index in [2.05, 4.69) is 52.3 Å². The SMILES string of the molecule is NCc1ccccc1CSc1ccccc1Br. The summed E-state index contributed by atoms with van der Waals surface area (Å²) < 4.78 is 1.15. The average Bonchev–Trinajstić information content (AvgIpc) is 2.38. The maximum Gasteiger partial charge on any atom is 0.0311 e. The van der Waals surface area contributed by atoms with Crippen LogP contribution in [-0.4, -0.2) is 0 Å². The number of nitrogens with two attached hydrogens (primary N) is 1. The molecular formula is C14H14BrNS. The van der Waals surface area contributed by atoms with E-state index >= 15 is 0 Å². The highest BCUT2D eigenvalue weighted by molar-refractivity contribution is 9.10. The minimum Gasteiger partial charge on any atom is -0.326 e. The van der Waals surface area contributed by atoms with Crippen LogP contribution in [0.1, 0.15) is 11.1 Å². The second kappa shape index (κ2) is 6.24. The highest BCUT2D eigenvalue weighted by Gasteiger charge is 2.03. The zero-order valence-corrected chi connectivity index (χ0v) is 11.8. The smallest absolute Gasteiger partial charge is 0.0311 e. The molecule has 1 nitrogen and oxygen atoms in total. The molecule has 0 unspecified atom stereocenters. The lowest BCUT2D eigenvalue weighted by Gasteiger charge is -2.08. The van der Waals surface area contributed by atoms with Gasteiger partial charge in [-0.05, 0) is 39.2 Å². The molecule has 0 saturated carbocycles. The zero-order chi connectivity index (χ0) is 12.1. The van der Waals surface area contributed by atoms with Gasteiger partial charge in [0.05, 0.1) is 0 Å². The fourth-order valence-electron chi connectivity index (χ4n) is 1.61. The lowest BCUT2D eigenvalue weighted by Crippen LogP contribution is -2.00. The minimum atomic E-state index is 0.604. The van der Waals surface area contributed by atoms with E-state index in [1.807, 2.05) is 23.9 Å². The molecule has 88 valence electrons. The first-order chi connectivity index (χ1) is 8.31. The molecule has 0 spiro atoms. The maximum absolute atomic E-state index is 5.73. The Morgan fingerprint density at radius 2 is 1.59 bits per heavy atom. The van der Waals surface area contributed by atoms with Crippen molar-refractivity contribution in [2.75, 3.05) is 0 Å². The van der Waals surface area contributed by atoms with Crippen LogP contribution in [0.5, 0.6) is 0 Å². The van der Waals surface area contributed by atoms with Gasteiger partial charge in [0.1, 0.15) is 0 Å². The van der Waals surface area contributed by atoms with Gasteiger partial charge in [-0.25, -0.2) is 0 Å². The molecule has 17 heavy (non-hydrogen) atoms. The number of hydrogen-bond donors (Lipinski definition) is 1. The second-order valence-electron chi connectivity index (χ2n) is 3.69. The van der Waals surface area contributed by atoms with Crippen LogP contribution in [0.4, 0.5) is 0 Å². The molecule has 2 aromatic rings. The van der Waals surface area contributed by atoms with E-state index in [9.17, 15) is 0 Å². The third-order valence-corrected chi connectivity index (χ3v) is 4.63. The van der Waals surface area contributed by atoms with E-state index in [0.717, 1.165) is 10.2 Å². The van der Waals surface area contributed by atoms with Gasteiger partial charge in [-0.2, -0.15) is 0 Å². The van der Waals surface area contributed by atoms with E-state index in [0.29, 0.717) is 6.54 Å². The molecule has 2 aromatic carbocycles. The van der Waals surface area contributed by atoms with Gasteiger partial charge < -0.3 is 5.73 Å². The summed E-state index contributed by atoms with van der Waals surface area (Å²) in [5.41, 5.74) is 8.28. The molecule has 2 rings (SSSR count). The summed E-state index contributed by atoms with van der Waals surface area (Å²) >= 11 is 5.39. The lowest BCUT2D eigenvalue weighted by atomic mass is 10.1. The van der Waals surface area contributed by atoms with Crippen molar-refractivity contribution in [3.63, 3.8) is 0 Å². The van der Waals surface area contributed by atoms with Crippen LogP contribution >= 0.6 is 27.7 Å². The maximum atomic E-state index is 5.73. The highest BCUT2D eigenvalue weighted by atomic mass is 79.9. The van der Waals surface area contributed by atoms with Crippen LogP contribution < -0.4 is 5.73 Å². The Balaban J connectivity index is 2.10. The first-order valence-electron chi connectivity index (χ1n) is 5.45. The molecule has 0 aliphatic heterocycles. The summed E-state index contributed by atoms with van der Waals surface area (Å²) in [4.78, 5) is 1.26. The number of benzene rings is 2. The molecule has 0 bridgehead atoms. The lowest BCUT2D eigenvalue weighted by molar-refractivity contribution is 1.04. The Morgan fingerprint density at radius 1 is 0.941 bits per heavy atom. The number of hydrogen-bond acceptors (Lipinski definition) is 2. The molecule has 0 aliphatic rings. The first-order valence-corrected chi connectivity index (χ1v) is 7.23. The third-order valence-electron chi connectivity index (χ3n) is 2.56. The monoisotopic (exact) mass is 307 g/mol. The van der Waals surface area contributed by atoms with Crippen molar-refractivity contribution >= 4 is 27.7 Å². The highest BCUT2D eigenvalue weighted by Crippen LogP contribution is 2.30. The van der Waals surface area contributed by atoms with E-state index in [4.69, 9.17) is 5.73 Å². The predicted octanol–water partition coefficient (Wildman–Crippen LogP) is 4.20. The summed E-state index contributed by atoms with van der Waals surface area (Å²) in [5.74, 6) is 0.954. The fraction of sp³-hybridized carbons (Fsp3) is 0.143. The molecule has 0 atom stereocenters. The van der Waals surface area contributed by atoms with Crippen molar-refractivity contribution in [1.82, 2.24) is 0 Å². The van der Waals surface area contributed by atoms with Gasteiger partial charge in [0.15, 0.2) is 0 Å². The van der Waals surface area contributed by atoms with Crippen molar-refractivity contribution in [3.05, 3.63) is 64.1 Å². The number of thioether (sulfide) groups is 1. The van der Waals surface area contributed by atoms with Crippen LogP contribution in [0, 0.1) is 0 Å². The van der Waals surface area contributed by atoms with Crippen molar-refractivity contribution < 1.29 is 0 Å². The number of rotatable bonds is 4. The van der Waals surface area contributed by atoms with Gasteiger partial charge in [0, 0.05) is 21.7 Å². The largest absolute Gasteiger partial charge is 0.326 e.